The highest BCUT2D eigenvalue weighted by Gasteiger charge is 2.43. The Labute approximate surface area is 106 Å². The molecule has 1 aliphatic carbocycles. The lowest BCUT2D eigenvalue weighted by molar-refractivity contribution is 0.0906. The van der Waals surface area contributed by atoms with Gasteiger partial charge in [-0.05, 0) is 49.1 Å². The van der Waals surface area contributed by atoms with E-state index in [9.17, 15) is 9.90 Å². The molecule has 2 aliphatic rings. The lowest BCUT2D eigenvalue weighted by atomic mass is 9.98. The molecule has 0 bridgehead atoms. The van der Waals surface area contributed by atoms with Crippen molar-refractivity contribution < 1.29 is 9.90 Å². The van der Waals surface area contributed by atoms with Gasteiger partial charge in [0.15, 0.2) is 0 Å². The maximum Gasteiger partial charge on any atom is 0.251 e. The van der Waals surface area contributed by atoms with E-state index in [1.165, 1.54) is 11.1 Å². The Balaban J connectivity index is 1.77. The highest BCUT2D eigenvalue weighted by Crippen LogP contribution is 2.34. The molecule has 4 heteroatoms. The van der Waals surface area contributed by atoms with Crippen molar-refractivity contribution in [1.29, 1.82) is 0 Å². The number of hydrogen-bond donors (Lipinski definition) is 3. The van der Waals surface area contributed by atoms with Crippen molar-refractivity contribution >= 4 is 5.91 Å². The molecular formula is C14H18N2O2. The molecule has 1 aromatic rings. The minimum absolute atomic E-state index is 0.0330. The molecule has 96 valence electrons. The van der Waals surface area contributed by atoms with Gasteiger partial charge in [0.1, 0.15) is 0 Å². The van der Waals surface area contributed by atoms with Crippen LogP contribution in [-0.4, -0.2) is 29.7 Å². The number of carbonyl (C=O) groups excluding carboxylic acids is 1. The van der Waals surface area contributed by atoms with E-state index in [2.05, 4.69) is 10.6 Å². The summed E-state index contributed by atoms with van der Waals surface area (Å²) in [4.78, 5) is 12.1. The number of amides is 1. The normalized spacial score (nSPS) is 20.1. The number of benzene rings is 1. The Kier molecular flexibility index (Phi) is 2.84. The largest absolute Gasteiger partial charge is 0.394 e. The molecule has 18 heavy (non-hydrogen) atoms. The molecule has 1 aromatic carbocycles. The molecule has 0 saturated heterocycles. The number of aliphatic hydroxyl groups excluding tert-OH is 1. The van der Waals surface area contributed by atoms with Crippen molar-refractivity contribution in [3.63, 3.8) is 0 Å². The third kappa shape index (κ3) is 2.13. The standard InChI is InChI=1S/C14H18N2O2/c17-9-14(4-5-14)16-13(18)11-2-1-10-3-6-15-8-12(10)7-11/h1-2,7,15,17H,3-6,8-9H2,(H,16,18). The predicted octanol–water partition coefficient (Wildman–Crippen LogP) is 0.587. The first-order chi connectivity index (χ1) is 8.72. The van der Waals surface area contributed by atoms with Crippen LogP contribution >= 0.6 is 0 Å². The van der Waals surface area contributed by atoms with Crippen LogP contribution in [-0.2, 0) is 13.0 Å². The molecular weight excluding hydrogens is 228 g/mol. The van der Waals surface area contributed by atoms with Crippen molar-refractivity contribution in [3.8, 4) is 0 Å². The molecule has 0 unspecified atom stereocenters. The summed E-state index contributed by atoms with van der Waals surface area (Å²) in [5.74, 6) is -0.0741. The summed E-state index contributed by atoms with van der Waals surface area (Å²) in [6.45, 7) is 1.87. The van der Waals surface area contributed by atoms with Crippen LogP contribution in [0, 0.1) is 0 Å². The lowest BCUT2D eigenvalue weighted by Gasteiger charge is -2.19. The van der Waals surface area contributed by atoms with E-state index in [4.69, 9.17) is 0 Å². The molecule has 1 aliphatic heterocycles. The molecule has 3 N–H and O–H groups in total. The topological polar surface area (TPSA) is 61.4 Å². The second kappa shape index (κ2) is 4.37. The third-order valence-corrected chi connectivity index (χ3v) is 3.89. The van der Waals surface area contributed by atoms with Crippen molar-refractivity contribution in [1.82, 2.24) is 10.6 Å². The van der Waals surface area contributed by atoms with Crippen molar-refractivity contribution in [3.05, 3.63) is 34.9 Å². The Hall–Kier alpha value is -1.39. The van der Waals surface area contributed by atoms with Crippen LogP contribution in [0.15, 0.2) is 18.2 Å². The van der Waals surface area contributed by atoms with Gasteiger partial charge in [-0.2, -0.15) is 0 Å². The van der Waals surface area contributed by atoms with Crippen LogP contribution in [0.5, 0.6) is 0 Å². The van der Waals surface area contributed by atoms with E-state index in [1.54, 1.807) is 0 Å². The summed E-state index contributed by atoms with van der Waals surface area (Å²) in [6.07, 6.45) is 2.78. The van der Waals surface area contributed by atoms with E-state index >= 15 is 0 Å². The number of carbonyl (C=O) groups is 1. The van der Waals surface area contributed by atoms with Crippen LogP contribution < -0.4 is 10.6 Å². The van der Waals surface area contributed by atoms with Gasteiger partial charge in [-0.1, -0.05) is 6.07 Å². The molecule has 0 spiro atoms. The van der Waals surface area contributed by atoms with Gasteiger partial charge in [0.2, 0.25) is 0 Å². The molecule has 0 atom stereocenters. The second-order valence-electron chi connectivity index (χ2n) is 5.30. The third-order valence-electron chi connectivity index (χ3n) is 3.89. The summed E-state index contributed by atoms with van der Waals surface area (Å²) in [5, 5.41) is 15.5. The Morgan fingerprint density at radius 2 is 2.22 bits per heavy atom. The quantitative estimate of drug-likeness (QED) is 0.731. The molecule has 0 radical (unpaired) electrons. The van der Waals surface area contributed by atoms with Crippen LogP contribution in [0.4, 0.5) is 0 Å². The van der Waals surface area contributed by atoms with E-state index in [-0.39, 0.29) is 18.1 Å². The number of rotatable bonds is 3. The first kappa shape index (κ1) is 11.7. The maximum absolute atomic E-state index is 12.1. The SMILES string of the molecule is O=C(NC1(CO)CC1)c1ccc2c(c1)CNCC2. The van der Waals surface area contributed by atoms with Crippen LogP contribution in [0.1, 0.15) is 34.3 Å². The van der Waals surface area contributed by atoms with Crippen LogP contribution in [0.25, 0.3) is 0 Å². The second-order valence-corrected chi connectivity index (χ2v) is 5.30. The van der Waals surface area contributed by atoms with E-state index in [0.717, 1.165) is 32.4 Å². The number of nitrogens with one attached hydrogen (secondary N) is 2. The smallest absolute Gasteiger partial charge is 0.251 e. The fourth-order valence-corrected chi connectivity index (χ4v) is 2.41. The zero-order valence-electron chi connectivity index (χ0n) is 10.3. The zero-order valence-corrected chi connectivity index (χ0v) is 10.3. The zero-order chi connectivity index (χ0) is 12.6. The fourth-order valence-electron chi connectivity index (χ4n) is 2.41. The van der Waals surface area contributed by atoms with Gasteiger partial charge in [-0.15, -0.1) is 0 Å². The lowest BCUT2D eigenvalue weighted by Crippen LogP contribution is -2.39. The monoisotopic (exact) mass is 246 g/mol. The first-order valence-electron chi connectivity index (χ1n) is 6.48. The highest BCUT2D eigenvalue weighted by atomic mass is 16.3. The number of aliphatic hydroxyl groups is 1. The summed E-state index contributed by atoms with van der Waals surface area (Å²) < 4.78 is 0. The molecule has 1 saturated carbocycles. The van der Waals surface area contributed by atoms with Gasteiger partial charge in [0.25, 0.3) is 5.91 Å². The van der Waals surface area contributed by atoms with Crippen molar-refractivity contribution in [2.24, 2.45) is 0 Å². The first-order valence-corrected chi connectivity index (χ1v) is 6.48. The van der Waals surface area contributed by atoms with Gasteiger partial charge in [0.05, 0.1) is 12.1 Å². The number of hydrogen-bond acceptors (Lipinski definition) is 3. The summed E-state index contributed by atoms with van der Waals surface area (Å²) >= 11 is 0. The maximum atomic E-state index is 12.1. The van der Waals surface area contributed by atoms with Gasteiger partial charge in [-0.3, -0.25) is 4.79 Å². The van der Waals surface area contributed by atoms with E-state index in [0.29, 0.717) is 5.56 Å². The van der Waals surface area contributed by atoms with Crippen LogP contribution in [0.3, 0.4) is 0 Å². The van der Waals surface area contributed by atoms with Gasteiger partial charge in [0, 0.05) is 12.1 Å². The number of fused-ring (bicyclic) bond motifs is 1. The van der Waals surface area contributed by atoms with Gasteiger partial charge < -0.3 is 15.7 Å². The van der Waals surface area contributed by atoms with E-state index < -0.39 is 0 Å². The van der Waals surface area contributed by atoms with Crippen molar-refractivity contribution in [2.75, 3.05) is 13.2 Å². The molecule has 4 nitrogen and oxygen atoms in total. The molecule has 3 rings (SSSR count). The molecule has 0 aromatic heterocycles. The van der Waals surface area contributed by atoms with Crippen molar-refractivity contribution in [2.45, 2.75) is 31.3 Å². The molecule has 1 heterocycles. The van der Waals surface area contributed by atoms with Gasteiger partial charge in [-0.25, -0.2) is 0 Å². The Morgan fingerprint density at radius 3 is 2.94 bits per heavy atom. The fraction of sp³-hybridized carbons (Fsp3) is 0.500. The predicted molar refractivity (Wildman–Crippen MR) is 68.4 cm³/mol. The average molecular weight is 246 g/mol. The minimum atomic E-state index is -0.342. The summed E-state index contributed by atoms with van der Waals surface area (Å²) in [7, 11) is 0. The highest BCUT2D eigenvalue weighted by molar-refractivity contribution is 5.95. The summed E-state index contributed by atoms with van der Waals surface area (Å²) in [5.41, 5.74) is 2.89. The minimum Gasteiger partial charge on any atom is -0.394 e. The van der Waals surface area contributed by atoms with Crippen LogP contribution in [0.2, 0.25) is 0 Å². The van der Waals surface area contributed by atoms with Gasteiger partial charge >= 0.3 is 0 Å². The van der Waals surface area contributed by atoms with E-state index in [1.807, 2.05) is 18.2 Å². The Morgan fingerprint density at radius 1 is 1.39 bits per heavy atom. The molecule has 1 amide bonds. The average Bonchev–Trinajstić information content (AvgIpc) is 3.18. The molecule has 1 fully saturated rings. The Bertz CT molecular complexity index is 481. The summed E-state index contributed by atoms with van der Waals surface area (Å²) in [6, 6.07) is 5.89.